The van der Waals surface area contributed by atoms with E-state index in [4.69, 9.17) is 0 Å². The molecule has 1 aliphatic heterocycles. The molecule has 0 aliphatic carbocycles. The highest BCUT2D eigenvalue weighted by Crippen LogP contribution is 2.40. The van der Waals surface area contributed by atoms with Crippen molar-refractivity contribution in [3.63, 3.8) is 0 Å². The van der Waals surface area contributed by atoms with Crippen molar-refractivity contribution in [2.24, 2.45) is 0 Å². The Morgan fingerprint density at radius 1 is 1.40 bits per heavy atom. The van der Waals surface area contributed by atoms with Gasteiger partial charge in [-0.3, -0.25) is 9.59 Å². The van der Waals surface area contributed by atoms with Crippen LogP contribution in [-0.2, 0) is 14.3 Å². The van der Waals surface area contributed by atoms with Crippen molar-refractivity contribution in [3.05, 3.63) is 29.8 Å². The van der Waals surface area contributed by atoms with Crippen LogP contribution in [0.4, 0.5) is 0 Å². The maximum atomic E-state index is 12.7. The topological polar surface area (TPSA) is 46.6 Å². The molecule has 1 heterocycles. The number of carbonyl (C=O) groups is 2. The summed E-state index contributed by atoms with van der Waals surface area (Å²) < 4.78 is 4.67. The average molecular weight is 293 g/mol. The zero-order chi connectivity index (χ0) is 14.5. The summed E-state index contributed by atoms with van der Waals surface area (Å²) in [5.41, 5.74) is 1.08. The van der Waals surface area contributed by atoms with Gasteiger partial charge in [0.1, 0.15) is 6.54 Å². The van der Waals surface area contributed by atoms with E-state index in [0.29, 0.717) is 6.54 Å². The van der Waals surface area contributed by atoms with Crippen LogP contribution in [-0.4, -0.2) is 42.7 Å². The fraction of sp³-hybridized carbons (Fsp3) is 0.467. The average Bonchev–Trinajstić information content (AvgIpc) is 2.89. The van der Waals surface area contributed by atoms with Gasteiger partial charge in [0.15, 0.2) is 0 Å². The van der Waals surface area contributed by atoms with Crippen LogP contribution in [0.25, 0.3) is 0 Å². The minimum absolute atomic E-state index is 0.0229. The number of amides is 1. The normalized spacial score (nSPS) is 16.6. The number of thioether (sulfide) groups is 1. The summed E-state index contributed by atoms with van der Waals surface area (Å²) in [6.07, 6.45) is 0.824. The maximum absolute atomic E-state index is 12.7. The molecule has 4 nitrogen and oxygen atoms in total. The number of benzene rings is 1. The van der Waals surface area contributed by atoms with Crippen LogP contribution in [0.3, 0.4) is 0 Å². The zero-order valence-corrected chi connectivity index (χ0v) is 12.6. The van der Waals surface area contributed by atoms with Crippen molar-refractivity contribution in [1.29, 1.82) is 0 Å². The molecule has 0 fully saturated rings. The molecule has 20 heavy (non-hydrogen) atoms. The van der Waals surface area contributed by atoms with Crippen molar-refractivity contribution < 1.29 is 14.3 Å². The Morgan fingerprint density at radius 2 is 2.15 bits per heavy atom. The highest BCUT2D eigenvalue weighted by molar-refractivity contribution is 7.99. The van der Waals surface area contributed by atoms with Crippen LogP contribution < -0.4 is 0 Å². The molecule has 1 unspecified atom stereocenters. The summed E-state index contributed by atoms with van der Waals surface area (Å²) in [7, 11) is 1.34. The van der Waals surface area contributed by atoms with Crippen molar-refractivity contribution in [2.75, 3.05) is 26.0 Å². The first-order chi connectivity index (χ1) is 9.67. The molecule has 0 saturated carbocycles. The Morgan fingerprint density at radius 3 is 2.85 bits per heavy atom. The quantitative estimate of drug-likeness (QED) is 0.782. The smallest absolute Gasteiger partial charge is 0.325 e. The van der Waals surface area contributed by atoms with E-state index in [1.54, 1.807) is 16.7 Å². The van der Waals surface area contributed by atoms with Gasteiger partial charge in [-0.25, -0.2) is 0 Å². The SMILES string of the molecule is CCCN(CC(=O)OC)C(=O)C1CSc2ccccc21. The lowest BCUT2D eigenvalue weighted by molar-refractivity contribution is -0.147. The van der Waals surface area contributed by atoms with Gasteiger partial charge in [-0.1, -0.05) is 25.1 Å². The highest BCUT2D eigenvalue weighted by atomic mass is 32.2. The Bertz CT molecular complexity index is 504. The monoisotopic (exact) mass is 293 g/mol. The molecular formula is C15H19NO3S. The minimum atomic E-state index is -0.370. The first-order valence-corrected chi connectivity index (χ1v) is 7.73. The molecule has 1 amide bonds. The van der Waals surface area contributed by atoms with E-state index in [-0.39, 0.29) is 24.3 Å². The van der Waals surface area contributed by atoms with E-state index >= 15 is 0 Å². The Labute approximate surface area is 123 Å². The molecule has 1 aliphatic rings. The summed E-state index contributed by atoms with van der Waals surface area (Å²) in [5.74, 6) is 0.257. The lowest BCUT2D eigenvalue weighted by Gasteiger charge is -2.24. The molecule has 0 aromatic heterocycles. The Balaban J connectivity index is 2.14. The second kappa shape index (κ2) is 6.79. The molecule has 0 N–H and O–H groups in total. The van der Waals surface area contributed by atoms with Crippen LogP contribution >= 0.6 is 11.8 Å². The summed E-state index contributed by atoms with van der Waals surface area (Å²) in [4.78, 5) is 26.9. The van der Waals surface area contributed by atoms with Crippen LogP contribution in [0.2, 0.25) is 0 Å². The number of fused-ring (bicyclic) bond motifs is 1. The number of ether oxygens (including phenoxy) is 1. The first-order valence-electron chi connectivity index (χ1n) is 6.74. The summed E-state index contributed by atoms with van der Waals surface area (Å²) in [6.45, 7) is 2.61. The van der Waals surface area contributed by atoms with E-state index < -0.39 is 0 Å². The van der Waals surface area contributed by atoms with E-state index in [2.05, 4.69) is 4.74 Å². The molecule has 0 radical (unpaired) electrons. The molecule has 5 heteroatoms. The van der Waals surface area contributed by atoms with Gasteiger partial charge in [-0.2, -0.15) is 0 Å². The summed E-state index contributed by atoms with van der Waals surface area (Å²) in [6, 6.07) is 7.98. The van der Waals surface area contributed by atoms with Crippen LogP contribution in [0.1, 0.15) is 24.8 Å². The van der Waals surface area contributed by atoms with Gasteiger partial charge in [-0.15, -0.1) is 11.8 Å². The minimum Gasteiger partial charge on any atom is -0.468 e. The molecule has 0 bridgehead atoms. The highest BCUT2D eigenvalue weighted by Gasteiger charge is 2.32. The third kappa shape index (κ3) is 3.15. The van der Waals surface area contributed by atoms with E-state index in [9.17, 15) is 9.59 Å². The van der Waals surface area contributed by atoms with Gasteiger partial charge >= 0.3 is 5.97 Å². The second-order valence-electron chi connectivity index (χ2n) is 4.74. The van der Waals surface area contributed by atoms with Gasteiger partial charge in [0.2, 0.25) is 5.91 Å². The molecule has 1 aromatic rings. The van der Waals surface area contributed by atoms with Crippen LogP contribution in [0.5, 0.6) is 0 Å². The predicted octanol–water partition coefficient (Wildman–Crippen LogP) is 2.29. The predicted molar refractivity (Wildman–Crippen MR) is 78.8 cm³/mol. The third-order valence-electron chi connectivity index (χ3n) is 3.35. The molecule has 108 valence electrons. The second-order valence-corrected chi connectivity index (χ2v) is 5.80. The number of hydrogen-bond acceptors (Lipinski definition) is 4. The van der Waals surface area contributed by atoms with E-state index in [0.717, 1.165) is 17.7 Å². The summed E-state index contributed by atoms with van der Waals surface area (Å²) in [5, 5.41) is 0. The fourth-order valence-corrected chi connectivity index (χ4v) is 3.57. The fourth-order valence-electron chi connectivity index (χ4n) is 2.34. The standard InChI is InChI=1S/C15H19NO3S/c1-3-8-16(9-14(17)19-2)15(18)12-10-20-13-7-5-4-6-11(12)13/h4-7,12H,3,8-10H2,1-2H3. The number of esters is 1. The van der Waals surface area contributed by atoms with Crippen molar-refractivity contribution in [3.8, 4) is 0 Å². The Hall–Kier alpha value is -1.49. The van der Waals surface area contributed by atoms with Crippen molar-refractivity contribution >= 4 is 23.6 Å². The maximum Gasteiger partial charge on any atom is 0.325 e. The van der Waals surface area contributed by atoms with Crippen molar-refractivity contribution in [2.45, 2.75) is 24.2 Å². The Kier molecular flexibility index (Phi) is 5.06. The molecule has 2 rings (SSSR count). The van der Waals surface area contributed by atoms with E-state index in [1.165, 1.54) is 12.0 Å². The number of hydrogen-bond donors (Lipinski definition) is 0. The molecule has 0 spiro atoms. The molecule has 1 aromatic carbocycles. The number of rotatable bonds is 5. The largest absolute Gasteiger partial charge is 0.468 e. The van der Waals surface area contributed by atoms with Gasteiger partial charge in [0, 0.05) is 17.2 Å². The number of carbonyl (C=O) groups excluding carboxylic acids is 2. The van der Waals surface area contributed by atoms with Crippen molar-refractivity contribution in [1.82, 2.24) is 4.90 Å². The molecule has 0 saturated heterocycles. The lowest BCUT2D eigenvalue weighted by Crippen LogP contribution is -2.39. The summed E-state index contributed by atoms with van der Waals surface area (Å²) >= 11 is 1.70. The van der Waals surface area contributed by atoms with Crippen LogP contribution in [0.15, 0.2) is 29.2 Å². The molecule has 1 atom stereocenters. The van der Waals surface area contributed by atoms with Gasteiger partial charge in [0.05, 0.1) is 13.0 Å². The molecular weight excluding hydrogens is 274 g/mol. The zero-order valence-electron chi connectivity index (χ0n) is 11.8. The van der Waals surface area contributed by atoms with Gasteiger partial charge < -0.3 is 9.64 Å². The third-order valence-corrected chi connectivity index (χ3v) is 4.53. The van der Waals surface area contributed by atoms with E-state index in [1.807, 2.05) is 31.2 Å². The van der Waals surface area contributed by atoms with Crippen LogP contribution in [0, 0.1) is 0 Å². The lowest BCUT2D eigenvalue weighted by atomic mass is 10.00. The van der Waals surface area contributed by atoms with Gasteiger partial charge in [0.25, 0.3) is 0 Å². The van der Waals surface area contributed by atoms with Gasteiger partial charge in [-0.05, 0) is 18.1 Å². The number of nitrogens with zero attached hydrogens (tertiary/aromatic N) is 1. The number of methoxy groups -OCH3 is 1. The first kappa shape index (κ1) is 14.9.